The second-order valence-electron chi connectivity index (χ2n) is 5.64. The largest absolute Gasteiger partial charge is 0.465 e. The Morgan fingerprint density at radius 1 is 1.00 bits per heavy atom. The van der Waals surface area contributed by atoms with E-state index in [0.29, 0.717) is 25.2 Å². The fourth-order valence-electron chi connectivity index (χ4n) is 2.03. The van der Waals surface area contributed by atoms with Crippen LogP contribution in [-0.4, -0.2) is 18.4 Å². The van der Waals surface area contributed by atoms with Crippen molar-refractivity contribution in [1.82, 2.24) is 0 Å². The molecule has 1 aromatic rings. The number of ether oxygens (including phenoxy) is 1. The summed E-state index contributed by atoms with van der Waals surface area (Å²) in [7, 11) is 0. The minimum Gasteiger partial charge on any atom is -0.465 e. The molecular formula is C18H26O3. The van der Waals surface area contributed by atoms with Crippen LogP contribution in [0.3, 0.4) is 0 Å². The van der Waals surface area contributed by atoms with Gasteiger partial charge in [0.2, 0.25) is 0 Å². The van der Waals surface area contributed by atoms with Crippen molar-refractivity contribution in [2.24, 2.45) is 5.92 Å². The number of hydrogen-bond donors (Lipinski definition) is 0. The van der Waals surface area contributed by atoms with Crippen LogP contribution in [0.1, 0.15) is 51.5 Å². The zero-order valence-electron chi connectivity index (χ0n) is 13.1. The summed E-state index contributed by atoms with van der Waals surface area (Å²) >= 11 is 0. The van der Waals surface area contributed by atoms with Crippen LogP contribution >= 0.6 is 0 Å². The number of carbonyl (C=O) groups excluding carboxylic acids is 2. The molecule has 1 aromatic carbocycles. The predicted octanol–water partition coefficient (Wildman–Crippen LogP) is 3.95. The lowest BCUT2D eigenvalue weighted by atomic mass is 10.0. The monoisotopic (exact) mass is 290 g/mol. The summed E-state index contributed by atoms with van der Waals surface area (Å²) < 4.78 is 5.21. The summed E-state index contributed by atoms with van der Waals surface area (Å²) in [6, 6.07) is 9.99. The highest BCUT2D eigenvalue weighted by Gasteiger charge is 2.07. The number of unbranched alkanes of at least 4 members (excludes halogenated alkanes) is 2. The standard InChI is InChI=1S/C18H26O3/c1-15(2)17(19)11-7-4-8-12-18(20)21-14-13-16-9-5-3-6-10-16/h3,5-6,9-10,15H,4,7-8,11-14H2,1-2H3. The summed E-state index contributed by atoms with van der Waals surface area (Å²) in [5, 5.41) is 0. The molecule has 116 valence electrons. The highest BCUT2D eigenvalue weighted by Crippen LogP contribution is 2.08. The first-order chi connectivity index (χ1) is 10.1. The lowest BCUT2D eigenvalue weighted by Crippen LogP contribution is -2.08. The van der Waals surface area contributed by atoms with Crippen molar-refractivity contribution < 1.29 is 14.3 Å². The number of esters is 1. The van der Waals surface area contributed by atoms with E-state index in [2.05, 4.69) is 0 Å². The quantitative estimate of drug-likeness (QED) is 0.484. The van der Waals surface area contributed by atoms with Gasteiger partial charge in [-0.2, -0.15) is 0 Å². The minimum absolute atomic E-state index is 0.118. The molecule has 0 aromatic heterocycles. The second-order valence-corrected chi connectivity index (χ2v) is 5.64. The van der Waals surface area contributed by atoms with Gasteiger partial charge in [-0.3, -0.25) is 9.59 Å². The van der Waals surface area contributed by atoms with Gasteiger partial charge in [-0.05, 0) is 18.4 Å². The van der Waals surface area contributed by atoms with E-state index in [1.807, 2.05) is 44.2 Å². The Morgan fingerprint density at radius 2 is 1.67 bits per heavy atom. The summed E-state index contributed by atoms with van der Waals surface area (Å²) in [6.45, 7) is 4.29. The first-order valence-corrected chi connectivity index (χ1v) is 7.82. The fourth-order valence-corrected chi connectivity index (χ4v) is 2.03. The van der Waals surface area contributed by atoms with E-state index >= 15 is 0 Å². The van der Waals surface area contributed by atoms with Crippen LogP contribution < -0.4 is 0 Å². The molecule has 3 nitrogen and oxygen atoms in total. The van der Waals surface area contributed by atoms with Gasteiger partial charge in [0.25, 0.3) is 0 Å². The molecule has 0 heterocycles. The summed E-state index contributed by atoms with van der Waals surface area (Å²) in [5.74, 6) is 0.287. The minimum atomic E-state index is -0.138. The van der Waals surface area contributed by atoms with Crippen LogP contribution in [0.25, 0.3) is 0 Å². The molecule has 0 bridgehead atoms. The van der Waals surface area contributed by atoms with Crippen LogP contribution in [0.5, 0.6) is 0 Å². The Labute approximate surface area is 127 Å². The number of rotatable bonds is 10. The summed E-state index contributed by atoms with van der Waals surface area (Å²) in [5.41, 5.74) is 1.18. The maximum Gasteiger partial charge on any atom is 0.305 e. The van der Waals surface area contributed by atoms with E-state index in [-0.39, 0.29) is 11.9 Å². The molecule has 0 N–H and O–H groups in total. The van der Waals surface area contributed by atoms with Crippen molar-refractivity contribution in [1.29, 1.82) is 0 Å². The Kier molecular flexibility index (Phi) is 8.41. The normalized spacial score (nSPS) is 10.6. The van der Waals surface area contributed by atoms with Gasteiger partial charge in [-0.1, -0.05) is 50.6 Å². The van der Waals surface area contributed by atoms with Crippen molar-refractivity contribution in [3.05, 3.63) is 35.9 Å². The molecule has 3 heteroatoms. The van der Waals surface area contributed by atoms with E-state index < -0.39 is 0 Å². The van der Waals surface area contributed by atoms with Crippen LogP contribution in [0.15, 0.2) is 30.3 Å². The molecule has 0 saturated carbocycles. The van der Waals surface area contributed by atoms with E-state index in [0.717, 1.165) is 25.7 Å². The fraction of sp³-hybridized carbons (Fsp3) is 0.556. The third kappa shape index (κ3) is 8.28. The van der Waals surface area contributed by atoms with Crippen molar-refractivity contribution in [2.75, 3.05) is 6.61 Å². The van der Waals surface area contributed by atoms with Gasteiger partial charge in [0.1, 0.15) is 5.78 Å². The van der Waals surface area contributed by atoms with Gasteiger partial charge in [-0.25, -0.2) is 0 Å². The number of ketones is 1. The molecule has 0 aliphatic carbocycles. The average Bonchev–Trinajstić information content (AvgIpc) is 2.47. The summed E-state index contributed by atoms with van der Waals surface area (Å²) in [4.78, 5) is 23.0. The van der Waals surface area contributed by atoms with Crippen LogP contribution in [0, 0.1) is 5.92 Å². The molecule has 0 unspecified atom stereocenters. The van der Waals surface area contributed by atoms with E-state index in [1.54, 1.807) is 0 Å². The van der Waals surface area contributed by atoms with Gasteiger partial charge in [-0.15, -0.1) is 0 Å². The SMILES string of the molecule is CC(C)C(=O)CCCCCC(=O)OCCc1ccccc1. The molecule has 0 atom stereocenters. The third-order valence-electron chi connectivity index (χ3n) is 3.44. The Morgan fingerprint density at radius 3 is 2.33 bits per heavy atom. The van der Waals surface area contributed by atoms with Gasteiger partial charge in [0, 0.05) is 25.2 Å². The van der Waals surface area contributed by atoms with E-state index in [4.69, 9.17) is 4.74 Å². The highest BCUT2D eigenvalue weighted by atomic mass is 16.5. The zero-order chi connectivity index (χ0) is 15.5. The number of benzene rings is 1. The molecule has 1 rings (SSSR count). The van der Waals surface area contributed by atoms with Crippen molar-refractivity contribution in [3.8, 4) is 0 Å². The molecule has 21 heavy (non-hydrogen) atoms. The van der Waals surface area contributed by atoms with Crippen molar-refractivity contribution in [2.45, 2.75) is 52.4 Å². The topological polar surface area (TPSA) is 43.4 Å². The molecule has 0 amide bonds. The molecule has 0 aliphatic rings. The molecule has 0 saturated heterocycles. The lowest BCUT2D eigenvalue weighted by molar-refractivity contribution is -0.143. The van der Waals surface area contributed by atoms with Crippen molar-refractivity contribution in [3.63, 3.8) is 0 Å². The molecular weight excluding hydrogens is 264 g/mol. The summed E-state index contributed by atoms with van der Waals surface area (Å²) in [6.07, 6.45) is 4.41. The maximum absolute atomic E-state index is 11.5. The highest BCUT2D eigenvalue weighted by molar-refractivity contribution is 5.80. The van der Waals surface area contributed by atoms with E-state index in [1.165, 1.54) is 5.56 Å². The molecule has 0 fully saturated rings. The van der Waals surface area contributed by atoms with Gasteiger partial charge in [0.15, 0.2) is 0 Å². The first-order valence-electron chi connectivity index (χ1n) is 7.82. The number of carbonyl (C=O) groups is 2. The molecule has 0 aliphatic heterocycles. The average molecular weight is 290 g/mol. The first kappa shape index (κ1) is 17.4. The van der Waals surface area contributed by atoms with E-state index in [9.17, 15) is 9.59 Å². The van der Waals surface area contributed by atoms with Crippen LogP contribution in [-0.2, 0) is 20.7 Å². The zero-order valence-corrected chi connectivity index (χ0v) is 13.1. The lowest BCUT2D eigenvalue weighted by Gasteiger charge is -2.06. The molecule has 0 spiro atoms. The molecule has 0 radical (unpaired) electrons. The number of hydrogen-bond acceptors (Lipinski definition) is 3. The third-order valence-corrected chi connectivity index (χ3v) is 3.44. The van der Waals surface area contributed by atoms with Gasteiger partial charge >= 0.3 is 5.97 Å². The maximum atomic E-state index is 11.5. The smallest absolute Gasteiger partial charge is 0.305 e. The van der Waals surface area contributed by atoms with Gasteiger partial charge < -0.3 is 4.74 Å². The van der Waals surface area contributed by atoms with Crippen LogP contribution in [0.2, 0.25) is 0 Å². The Hall–Kier alpha value is -1.64. The Balaban J connectivity index is 2.00. The predicted molar refractivity (Wildman–Crippen MR) is 84.0 cm³/mol. The Bertz CT molecular complexity index is 423. The van der Waals surface area contributed by atoms with Crippen LogP contribution in [0.4, 0.5) is 0 Å². The van der Waals surface area contributed by atoms with Gasteiger partial charge in [0.05, 0.1) is 6.61 Å². The van der Waals surface area contributed by atoms with Crippen molar-refractivity contribution >= 4 is 11.8 Å². The number of Topliss-reactive ketones (excluding diaryl/α,β-unsaturated/α-hetero) is 1. The second kappa shape index (κ2) is 10.1.